The summed E-state index contributed by atoms with van der Waals surface area (Å²) in [5.74, 6) is 0.317. The number of carbonyl (C=O) groups excluding carboxylic acids is 1. The number of aromatic nitrogens is 1. The van der Waals surface area contributed by atoms with Crippen LogP contribution >= 0.6 is 0 Å². The Bertz CT molecular complexity index is 630. The number of nitrogens with zero attached hydrogens (tertiary/aromatic N) is 1. The summed E-state index contributed by atoms with van der Waals surface area (Å²) in [6, 6.07) is 6.24. The Labute approximate surface area is 224 Å². The molecule has 1 aromatic heterocycles. The lowest BCUT2D eigenvalue weighted by molar-refractivity contribution is -0.697. The van der Waals surface area contributed by atoms with Crippen LogP contribution in [-0.4, -0.2) is 12.1 Å². The van der Waals surface area contributed by atoms with E-state index >= 15 is 0 Å². The van der Waals surface area contributed by atoms with Gasteiger partial charge in [0.05, 0.1) is 6.10 Å². The Morgan fingerprint density at radius 1 is 0.750 bits per heavy atom. The Morgan fingerprint density at radius 2 is 1.22 bits per heavy atom. The number of esters is 1. The minimum absolute atomic E-state index is 0.0362. The normalized spacial score (nSPS) is 12.8. The number of aryl methyl sites for hydroxylation is 1. The molecular weight excluding hydrogens is 442 g/mol. The van der Waals surface area contributed by atoms with Gasteiger partial charge in [0.25, 0.3) is 0 Å². The van der Waals surface area contributed by atoms with Crippen molar-refractivity contribution in [1.82, 2.24) is 0 Å². The summed E-state index contributed by atoms with van der Waals surface area (Å²) >= 11 is 0. The Hall–Kier alpha value is -1.64. The summed E-state index contributed by atoms with van der Waals surface area (Å²) < 4.78 is 7.72. The number of hydrogen-bond acceptors (Lipinski definition) is 2. The highest BCUT2D eigenvalue weighted by Gasteiger charge is 2.16. The molecule has 0 saturated heterocycles. The summed E-state index contributed by atoms with van der Waals surface area (Å²) in [5, 5.41) is 0. The quantitative estimate of drug-likeness (QED) is 0.0579. The molecule has 3 nitrogen and oxygen atoms in total. The van der Waals surface area contributed by atoms with E-state index in [0.29, 0.717) is 5.92 Å². The smallest absolute Gasteiger partial charge is 0.330 e. The third-order valence-corrected chi connectivity index (χ3v) is 7.42. The molecule has 0 aliphatic heterocycles. The molecule has 36 heavy (non-hydrogen) atoms. The van der Waals surface area contributed by atoms with E-state index < -0.39 is 0 Å². The average molecular weight is 501 g/mol. The first kappa shape index (κ1) is 32.4. The highest BCUT2D eigenvalue weighted by atomic mass is 16.5. The SMILES string of the molecule is C=CC(=O)OC(C)CC(CCCCCCCCCCCCCCCCCC)CCC[n+]1ccccc1. The second-order valence-corrected chi connectivity index (χ2v) is 10.9. The summed E-state index contributed by atoms with van der Waals surface area (Å²) in [5.41, 5.74) is 0. The van der Waals surface area contributed by atoms with Crippen molar-refractivity contribution in [3.63, 3.8) is 0 Å². The van der Waals surface area contributed by atoms with Crippen molar-refractivity contribution in [3.05, 3.63) is 43.2 Å². The first-order valence-electron chi connectivity index (χ1n) is 15.4. The lowest BCUT2D eigenvalue weighted by atomic mass is 9.90. The van der Waals surface area contributed by atoms with Crippen molar-refractivity contribution >= 4 is 5.97 Å². The van der Waals surface area contributed by atoms with Gasteiger partial charge in [-0.15, -0.1) is 0 Å². The van der Waals surface area contributed by atoms with Gasteiger partial charge in [-0.1, -0.05) is 129 Å². The number of pyridine rings is 1. The fraction of sp³-hybridized carbons (Fsp3) is 0.758. The van der Waals surface area contributed by atoms with E-state index in [-0.39, 0.29) is 12.1 Å². The van der Waals surface area contributed by atoms with E-state index in [1.165, 1.54) is 128 Å². The molecule has 1 rings (SSSR count). The van der Waals surface area contributed by atoms with E-state index in [1.807, 2.05) is 6.92 Å². The van der Waals surface area contributed by atoms with Crippen LogP contribution in [0.15, 0.2) is 43.2 Å². The zero-order chi connectivity index (χ0) is 26.1. The highest BCUT2D eigenvalue weighted by Crippen LogP contribution is 2.23. The topological polar surface area (TPSA) is 30.2 Å². The van der Waals surface area contributed by atoms with Crippen LogP contribution in [0.25, 0.3) is 0 Å². The highest BCUT2D eigenvalue weighted by molar-refractivity contribution is 5.81. The van der Waals surface area contributed by atoms with Crippen LogP contribution in [0.4, 0.5) is 0 Å². The van der Waals surface area contributed by atoms with Crippen molar-refractivity contribution in [2.75, 3.05) is 0 Å². The van der Waals surface area contributed by atoms with Crippen molar-refractivity contribution in [2.45, 2.75) is 155 Å². The van der Waals surface area contributed by atoms with Crippen LogP contribution in [0.1, 0.15) is 142 Å². The van der Waals surface area contributed by atoms with E-state index in [9.17, 15) is 4.79 Å². The predicted octanol–water partition coefficient (Wildman–Crippen LogP) is 9.53. The summed E-state index contributed by atoms with van der Waals surface area (Å²) in [7, 11) is 0. The monoisotopic (exact) mass is 500 g/mol. The Kier molecular flexibility index (Phi) is 21.4. The van der Waals surface area contributed by atoms with Crippen LogP contribution in [0, 0.1) is 5.92 Å². The molecule has 0 fully saturated rings. The fourth-order valence-corrected chi connectivity index (χ4v) is 5.27. The zero-order valence-corrected chi connectivity index (χ0v) is 23.9. The second-order valence-electron chi connectivity index (χ2n) is 10.9. The number of hydrogen-bond donors (Lipinski definition) is 0. The molecule has 0 radical (unpaired) electrons. The van der Waals surface area contributed by atoms with Crippen LogP contribution in [0.2, 0.25) is 0 Å². The molecule has 0 aromatic carbocycles. The number of ether oxygens (including phenoxy) is 1. The van der Waals surface area contributed by atoms with Gasteiger partial charge in [-0.2, -0.15) is 0 Å². The molecule has 0 spiro atoms. The lowest BCUT2D eigenvalue weighted by Crippen LogP contribution is -2.32. The van der Waals surface area contributed by atoms with Gasteiger partial charge in [-0.05, 0) is 25.7 Å². The van der Waals surface area contributed by atoms with Gasteiger partial charge in [0.15, 0.2) is 12.4 Å². The molecule has 1 heterocycles. The minimum atomic E-state index is -0.302. The molecule has 3 heteroatoms. The maximum atomic E-state index is 11.6. The van der Waals surface area contributed by atoms with Crippen molar-refractivity contribution in [3.8, 4) is 0 Å². The summed E-state index contributed by atoms with van der Waals surface area (Å²) in [6.07, 6.45) is 32.6. The van der Waals surface area contributed by atoms with Gasteiger partial charge >= 0.3 is 5.97 Å². The van der Waals surface area contributed by atoms with Crippen LogP contribution in [0.5, 0.6) is 0 Å². The van der Waals surface area contributed by atoms with Crippen molar-refractivity contribution in [2.24, 2.45) is 5.92 Å². The molecule has 2 atom stereocenters. The van der Waals surface area contributed by atoms with Gasteiger partial charge in [0.1, 0.15) is 6.54 Å². The maximum absolute atomic E-state index is 11.6. The van der Waals surface area contributed by atoms with Crippen molar-refractivity contribution in [1.29, 1.82) is 0 Å². The molecule has 2 unspecified atom stereocenters. The standard InChI is InChI=1S/C33H58NO2/c1-4-6-7-8-9-10-11-12-13-14-15-16-17-18-19-21-25-32(30-31(3)36-33(35)5-2)26-24-29-34-27-22-20-23-28-34/h5,20,22-23,27-28,31-32H,2,4,6-19,21,24-26,29-30H2,1,3H3/q+1. The van der Waals surface area contributed by atoms with E-state index in [0.717, 1.165) is 13.0 Å². The minimum Gasteiger partial charge on any atom is -0.460 e. The fourth-order valence-electron chi connectivity index (χ4n) is 5.27. The van der Waals surface area contributed by atoms with Crippen LogP contribution < -0.4 is 4.57 Å². The second kappa shape index (κ2) is 23.7. The van der Waals surface area contributed by atoms with Crippen LogP contribution in [0.3, 0.4) is 0 Å². The number of rotatable bonds is 25. The summed E-state index contributed by atoms with van der Waals surface area (Å²) in [4.78, 5) is 11.6. The lowest BCUT2D eigenvalue weighted by Gasteiger charge is -2.20. The largest absolute Gasteiger partial charge is 0.460 e. The van der Waals surface area contributed by atoms with Gasteiger partial charge in [-0.25, -0.2) is 9.36 Å². The molecule has 0 aliphatic rings. The number of carbonyl (C=O) groups is 1. The summed E-state index contributed by atoms with van der Waals surface area (Å²) in [6.45, 7) is 8.89. The third-order valence-electron chi connectivity index (χ3n) is 7.42. The van der Waals surface area contributed by atoms with E-state index in [2.05, 4.69) is 48.7 Å². The zero-order valence-electron chi connectivity index (χ0n) is 23.9. The molecule has 206 valence electrons. The Morgan fingerprint density at radius 3 is 1.72 bits per heavy atom. The molecule has 0 aliphatic carbocycles. The first-order chi connectivity index (χ1) is 17.7. The van der Waals surface area contributed by atoms with Gasteiger partial charge in [0.2, 0.25) is 0 Å². The molecule has 1 aromatic rings. The van der Waals surface area contributed by atoms with E-state index in [4.69, 9.17) is 4.74 Å². The van der Waals surface area contributed by atoms with Gasteiger partial charge < -0.3 is 4.74 Å². The molecule has 0 N–H and O–H groups in total. The van der Waals surface area contributed by atoms with Crippen LogP contribution in [-0.2, 0) is 16.1 Å². The number of unbranched alkanes of at least 4 members (excludes halogenated alkanes) is 15. The molecule has 0 amide bonds. The van der Waals surface area contributed by atoms with E-state index in [1.54, 1.807) is 0 Å². The first-order valence-corrected chi connectivity index (χ1v) is 15.4. The van der Waals surface area contributed by atoms with Gasteiger partial charge in [-0.3, -0.25) is 0 Å². The van der Waals surface area contributed by atoms with Crippen molar-refractivity contribution < 1.29 is 14.1 Å². The molecule has 0 saturated carbocycles. The predicted molar refractivity (Wildman–Crippen MR) is 154 cm³/mol. The molecule has 0 bridgehead atoms. The third kappa shape index (κ3) is 19.5. The molecular formula is C33H58NO2+. The maximum Gasteiger partial charge on any atom is 0.330 e. The Balaban J connectivity index is 2.09. The average Bonchev–Trinajstić information content (AvgIpc) is 2.88. The van der Waals surface area contributed by atoms with Gasteiger partial charge in [0, 0.05) is 24.6 Å².